The lowest BCUT2D eigenvalue weighted by Gasteiger charge is -2.32. The molecule has 1 aliphatic rings. The second kappa shape index (κ2) is 9.01. The SMILES string of the molecule is CCNC(=NCc1noc(C(C)(C)C)n1)NC1CCN(S(=O)(=O)CC)CC1. The standard InChI is InChI=1S/C17H32N6O3S/c1-6-18-16(19-12-14-21-15(26-22-14)17(3,4)5)20-13-8-10-23(11-9-13)27(24,25)7-2/h13H,6-12H2,1-5H3,(H2,18,19,20). The Bertz CT molecular complexity index is 730. The molecule has 0 unspecified atom stereocenters. The molecule has 0 aromatic carbocycles. The summed E-state index contributed by atoms with van der Waals surface area (Å²) < 4.78 is 30.8. The molecular formula is C17H32N6O3S. The smallest absolute Gasteiger partial charge is 0.232 e. The predicted molar refractivity (Wildman–Crippen MR) is 105 cm³/mol. The molecule has 1 aromatic heterocycles. The molecule has 0 amide bonds. The number of nitrogens with one attached hydrogen (secondary N) is 2. The van der Waals surface area contributed by atoms with Crippen molar-refractivity contribution in [1.29, 1.82) is 0 Å². The number of aromatic nitrogens is 2. The molecule has 2 N–H and O–H groups in total. The Labute approximate surface area is 162 Å². The van der Waals surface area contributed by atoms with Gasteiger partial charge in [0.05, 0.1) is 5.75 Å². The first-order chi connectivity index (χ1) is 12.7. The summed E-state index contributed by atoms with van der Waals surface area (Å²) >= 11 is 0. The topological polar surface area (TPSA) is 113 Å². The van der Waals surface area contributed by atoms with Crippen molar-refractivity contribution in [3.05, 3.63) is 11.7 Å². The van der Waals surface area contributed by atoms with Gasteiger partial charge in [-0.15, -0.1) is 0 Å². The van der Waals surface area contributed by atoms with Gasteiger partial charge in [0, 0.05) is 31.1 Å². The van der Waals surface area contributed by atoms with E-state index in [2.05, 4.69) is 25.8 Å². The van der Waals surface area contributed by atoms with Crippen LogP contribution in [0.1, 0.15) is 59.2 Å². The van der Waals surface area contributed by atoms with Crippen molar-refractivity contribution in [2.75, 3.05) is 25.4 Å². The molecule has 27 heavy (non-hydrogen) atoms. The van der Waals surface area contributed by atoms with Crippen LogP contribution in [-0.4, -0.2) is 60.3 Å². The minimum Gasteiger partial charge on any atom is -0.357 e. The summed E-state index contributed by atoms with van der Waals surface area (Å²) in [7, 11) is -3.11. The summed E-state index contributed by atoms with van der Waals surface area (Å²) in [4.78, 5) is 8.93. The first kappa shape index (κ1) is 21.6. The van der Waals surface area contributed by atoms with Gasteiger partial charge in [0.25, 0.3) is 0 Å². The monoisotopic (exact) mass is 400 g/mol. The highest BCUT2D eigenvalue weighted by Gasteiger charge is 2.27. The number of nitrogens with zero attached hydrogens (tertiary/aromatic N) is 4. The van der Waals surface area contributed by atoms with Crippen LogP contribution >= 0.6 is 0 Å². The number of guanidine groups is 1. The number of rotatable bonds is 6. The highest BCUT2D eigenvalue weighted by molar-refractivity contribution is 7.89. The minimum atomic E-state index is -3.11. The van der Waals surface area contributed by atoms with E-state index in [1.165, 1.54) is 0 Å². The van der Waals surface area contributed by atoms with E-state index in [1.807, 2.05) is 27.7 Å². The van der Waals surface area contributed by atoms with Gasteiger partial charge in [0.2, 0.25) is 15.9 Å². The molecule has 2 heterocycles. The zero-order chi connectivity index (χ0) is 20.1. The maximum atomic E-state index is 12.0. The molecule has 1 aromatic rings. The first-order valence-corrected chi connectivity index (χ1v) is 11.1. The molecule has 0 aliphatic carbocycles. The van der Waals surface area contributed by atoms with Gasteiger partial charge in [0.15, 0.2) is 11.8 Å². The third kappa shape index (κ3) is 6.17. The van der Waals surface area contributed by atoms with Gasteiger partial charge in [-0.2, -0.15) is 4.98 Å². The third-order valence-electron chi connectivity index (χ3n) is 4.39. The Morgan fingerprint density at radius 1 is 1.30 bits per heavy atom. The molecule has 1 fully saturated rings. The molecular weight excluding hydrogens is 368 g/mol. The van der Waals surface area contributed by atoms with Gasteiger partial charge in [0.1, 0.15) is 6.54 Å². The summed E-state index contributed by atoms with van der Waals surface area (Å²) in [5, 5.41) is 10.6. The maximum absolute atomic E-state index is 12.0. The zero-order valence-corrected chi connectivity index (χ0v) is 17.8. The quantitative estimate of drug-likeness (QED) is 0.545. The zero-order valence-electron chi connectivity index (χ0n) is 16.9. The fourth-order valence-corrected chi connectivity index (χ4v) is 3.88. The van der Waals surface area contributed by atoms with Crippen LogP contribution in [0.25, 0.3) is 0 Å². The summed E-state index contributed by atoms with van der Waals surface area (Å²) in [6, 6.07) is 0.182. The van der Waals surface area contributed by atoms with E-state index < -0.39 is 10.0 Å². The van der Waals surface area contributed by atoms with Gasteiger partial charge in [-0.1, -0.05) is 25.9 Å². The fraction of sp³-hybridized carbons (Fsp3) is 0.824. The maximum Gasteiger partial charge on any atom is 0.232 e. The third-order valence-corrected chi connectivity index (χ3v) is 6.27. The Morgan fingerprint density at radius 2 is 1.96 bits per heavy atom. The number of aliphatic imine (C=N–C) groups is 1. The summed E-state index contributed by atoms with van der Waals surface area (Å²) in [6.07, 6.45) is 1.50. The van der Waals surface area contributed by atoms with Crippen LogP contribution in [-0.2, 0) is 22.0 Å². The fourth-order valence-electron chi connectivity index (χ4n) is 2.75. The van der Waals surface area contributed by atoms with Crippen molar-refractivity contribution >= 4 is 16.0 Å². The highest BCUT2D eigenvalue weighted by atomic mass is 32.2. The summed E-state index contributed by atoms with van der Waals surface area (Å²) in [5.41, 5.74) is -0.190. The molecule has 154 valence electrons. The second-order valence-corrected chi connectivity index (χ2v) is 9.94. The number of hydrogen-bond acceptors (Lipinski definition) is 6. The molecule has 10 heteroatoms. The van der Waals surface area contributed by atoms with Gasteiger partial charge in [-0.05, 0) is 26.7 Å². The Kier molecular flexibility index (Phi) is 7.21. The van der Waals surface area contributed by atoms with Crippen molar-refractivity contribution in [2.45, 2.75) is 65.5 Å². The van der Waals surface area contributed by atoms with Gasteiger partial charge >= 0.3 is 0 Å². The lowest BCUT2D eigenvalue weighted by Crippen LogP contribution is -2.50. The molecule has 2 rings (SSSR count). The number of piperidine rings is 1. The normalized spacial score (nSPS) is 17.9. The molecule has 0 spiro atoms. The van der Waals surface area contributed by atoms with E-state index in [4.69, 9.17) is 4.52 Å². The van der Waals surface area contributed by atoms with Crippen molar-refractivity contribution in [1.82, 2.24) is 25.1 Å². The van der Waals surface area contributed by atoms with E-state index >= 15 is 0 Å². The second-order valence-electron chi connectivity index (χ2n) is 7.68. The largest absolute Gasteiger partial charge is 0.357 e. The number of hydrogen-bond donors (Lipinski definition) is 2. The summed E-state index contributed by atoms with van der Waals surface area (Å²) in [5.74, 6) is 1.96. The Morgan fingerprint density at radius 3 is 2.48 bits per heavy atom. The van der Waals surface area contributed by atoms with Crippen molar-refractivity contribution < 1.29 is 12.9 Å². The van der Waals surface area contributed by atoms with Crippen molar-refractivity contribution in [2.24, 2.45) is 4.99 Å². The first-order valence-electron chi connectivity index (χ1n) is 9.51. The Hall–Kier alpha value is -1.68. The van der Waals surface area contributed by atoms with E-state index in [0.29, 0.717) is 37.3 Å². The molecule has 1 saturated heterocycles. The highest BCUT2D eigenvalue weighted by Crippen LogP contribution is 2.19. The van der Waals surface area contributed by atoms with E-state index in [9.17, 15) is 8.42 Å². The van der Waals surface area contributed by atoms with Gasteiger partial charge in [-0.25, -0.2) is 17.7 Å². The van der Waals surface area contributed by atoms with Crippen molar-refractivity contribution in [3.63, 3.8) is 0 Å². The van der Waals surface area contributed by atoms with Crippen LogP contribution in [0, 0.1) is 0 Å². The van der Waals surface area contributed by atoms with E-state index in [0.717, 1.165) is 19.4 Å². The average molecular weight is 401 g/mol. The van der Waals surface area contributed by atoms with Crippen LogP contribution in [0.3, 0.4) is 0 Å². The van der Waals surface area contributed by atoms with Gasteiger partial charge < -0.3 is 15.2 Å². The molecule has 1 aliphatic heterocycles. The molecule has 0 atom stereocenters. The van der Waals surface area contributed by atoms with Crippen LogP contribution in [0.4, 0.5) is 0 Å². The minimum absolute atomic E-state index is 0.149. The van der Waals surface area contributed by atoms with Crippen LogP contribution in [0.2, 0.25) is 0 Å². The van der Waals surface area contributed by atoms with Crippen molar-refractivity contribution in [3.8, 4) is 0 Å². The predicted octanol–water partition coefficient (Wildman–Crippen LogP) is 1.24. The van der Waals surface area contributed by atoms with Crippen LogP contribution < -0.4 is 10.6 Å². The molecule has 9 nitrogen and oxygen atoms in total. The summed E-state index contributed by atoms with van der Waals surface area (Å²) in [6.45, 7) is 11.9. The molecule has 0 saturated carbocycles. The molecule has 0 bridgehead atoms. The van der Waals surface area contributed by atoms with E-state index in [-0.39, 0.29) is 17.2 Å². The molecule has 0 radical (unpaired) electrons. The van der Waals surface area contributed by atoms with E-state index in [1.54, 1.807) is 11.2 Å². The van der Waals surface area contributed by atoms with Crippen LogP contribution in [0.5, 0.6) is 0 Å². The lowest BCUT2D eigenvalue weighted by atomic mass is 9.97. The average Bonchev–Trinajstić information content (AvgIpc) is 3.10. The van der Waals surface area contributed by atoms with Crippen LogP contribution in [0.15, 0.2) is 9.52 Å². The number of sulfonamides is 1. The Balaban J connectivity index is 1.94. The lowest BCUT2D eigenvalue weighted by molar-refractivity contribution is 0.306. The van der Waals surface area contributed by atoms with Gasteiger partial charge in [-0.3, -0.25) is 0 Å².